The summed E-state index contributed by atoms with van der Waals surface area (Å²) in [6.07, 6.45) is 0.791. The fourth-order valence-electron chi connectivity index (χ4n) is 1.85. The van der Waals surface area contributed by atoms with Gasteiger partial charge in [-0.1, -0.05) is 6.07 Å². The van der Waals surface area contributed by atoms with Gasteiger partial charge in [0.25, 0.3) is 0 Å². The van der Waals surface area contributed by atoms with Gasteiger partial charge in [-0.3, -0.25) is 4.79 Å². The van der Waals surface area contributed by atoms with Crippen molar-refractivity contribution in [1.82, 2.24) is 5.32 Å². The Morgan fingerprint density at radius 2 is 2.29 bits per heavy atom. The number of benzene rings is 1. The van der Waals surface area contributed by atoms with Crippen LogP contribution in [0.1, 0.15) is 24.0 Å². The van der Waals surface area contributed by atoms with E-state index in [1.165, 1.54) is 0 Å². The van der Waals surface area contributed by atoms with Gasteiger partial charge in [0, 0.05) is 6.54 Å². The van der Waals surface area contributed by atoms with Crippen LogP contribution in [0.25, 0.3) is 0 Å². The summed E-state index contributed by atoms with van der Waals surface area (Å²) in [5, 5.41) is 12.2. The standard InChI is InChI=1S/C11H13NO2/c1-7-10-3-2-9(13)6-8(10)4-5-12-11(7)14/h2-3,6-7,13H,4-5H2,1H3,(H,12,14)/t7-/m0/s1. The molecule has 2 N–H and O–H groups in total. The number of phenolic OH excluding ortho intramolecular Hbond substituents is 1. The average molecular weight is 191 g/mol. The molecule has 3 heteroatoms. The van der Waals surface area contributed by atoms with E-state index in [1.807, 2.05) is 13.0 Å². The van der Waals surface area contributed by atoms with Crippen molar-refractivity contribution in [3.63, 3.8) is 0 Å². The SMILES string of the molecule is C[C@@H]1C(=O)NCCc2cc(O)ccc21. The minimum absolute atomic E-state index is 0.0643. The Labute approximate surface area is 82.8 Å². The molecule has 1 aromatic rings. The molecule has 0 spiro atoms. The van der Waals surface area contributed by atoms with E-state index in [1.54, 1.807) is 12.1 Å². The van der Waals surface area contributed by atoms with Crippen LogP contribution < -0.4 is 5.32 Å². The molecular weight excluding hydrogens is 178 g/mol. The van der Waals surface area contributed by atoms with E-state index in [-0.39, 0.29) is 17.6 Å². The monoisotopic (exact) mass is 191 g/mol. The van der Waals surface area contributed by atoms with Gasteiger partial charge in [-0.05, 0) is 36.6 Å². The van der Waals surface area contributed by atoms with Crippen LogP contribution in [0.2, 0.25) is 0 Å². The predicted octanol–water partition coefficient (Wildman–Crippen LogP) is 1.17. The van der Waals surface area contributed by atoms with Gasteiger partial charge in [0.05, 0.1) is 5.92 Å². The van der Waals surface area contributed by atoms with E-state index in [4.69, 9.17) is 0 Å². The number of carbonyl (C=O) groups is 1. The molecule has 1 atom stereocenters. The molecule has 1 aliphatic heterocycles. The molecule has 1 aromatic carbocycles. The number of hydrogen-bond acceptors (Lipinski definition) is 2. The lowest BCUT2D eigenvalue weighted by Gasteiger charge is -2.10. The molecule has 14 heavy (non-hydrogen) atoms. The molecule has 1 aliphatic rings. The number of amides is 1. The van der Waals surface area contributed by atoms with Crippen LogP contribution in [-0.2, 0) is 11.2 Å². The van der Waals surface area contributed by atoms with Gasteiger partial charge in [-0.25, -0.2) is 0 Å². The Morgan fingerprint density at radius 1 is 1.50 bits per heavy atom. The summed E-state index contributed by atoms with van der Waals surface area (Å²) in [5.74, 6) is 0.216. The molecule has 0 bridgehead atoms. The van der Waals surface area contributed by atoms with E-state index in [9.17, 15) is 9.90 Å². The quantitative estimate of drug-likeness (QED) is 0.646. The topological polar surface area (TPSA) is 49.3 Å². The van der Waals surface area contributed by atoms with E-state index in [0.717, 1.165) is 17.5 Å². The first-order chi connectivity index (χ1) is 6.68. The average Bonchev–Trinajstić information content (AvgIpc) is 2.28. The smallest absolute Gasteiger partial charge is 0.227 e. The molecule has 0 unspecified atom stereocenters. The Morgan fingerprint density at radius 3 is 3.07 bits per heavy atom. The first kappa shape index (κ1) is 9.06. The second-order valence-corrected chi connectivity index (χ2v) is 3.65. The Kier molecular flexibility index (Phi) is 2.15. The van der Waals surface area contributed by atoms with Crippen molar-refractivity contribution in [3.8, 4) is 5.75 Å². The second kappa shape index (κ2) is 3.33. The van der Waals surface area contributed by atoms with Crippen LogP contribution >= 0.6 is 0 Å². The summed E-state index contributed by atoms with van der Waals surface area (Å²) >= 11 is 0. The largest absolute Gasteiger partial charge is 0.508 e. The number of phenols is 1. The van der Waals surface area contributed by atoms with Gasteiger partial charge in [0.15, 0.2) is 0 Å². The van der Waals surface area contributed by atoms with Crippen molar-refractivity contribution in [1.29, 1.82) is 0 Å². The number of rotatable bonds is 0. The van der Waals surface area contributed by atoms with Crippen molar-refractivity contribution < 1.29 is 9.90 Å². The lowest BCUT2D eigenvalue weighted by atomic mass is 9.95. The van der Waals surface area contributed by atoms with Gasteiger partial charge in [-0.2, -0.15) is 0 Å². The maximum atomic E-state index is 11.5. The van der Waals surface area contributed by atoms with Crippen LogP contribution in [0, 0.1) is 0 Å². The highest BCUT2D eigenvalue weighted by atomic mass is 16.3. The number of fused-ring (bicyclic) bond motifs is 1. The molecule has 0 fully saturated rings. The number of carbonyl (C=O) groups excluding carboxylic acids is 1. The van der Waals surface area contributed by atoms with Gasteiger partial charge in [0.1, 0.15) is 5.75 Å². The van der Waals surface area contributed by atoms with Gasteiger partial charge in [0.2, 0.25) is 5.91 Å². The minimum Gasteiger partial charge on any atom is -0.508 e. The fourth-order valence-corrected chi connectivity index (χ4v) is 1.85. The third kappa shape index (κ3) is 1.45. The van der Waals surface area contributed by atoms with Gasteiger partial charge < -0.3 is 10.4 Å². The summed E-state index contributed by atoms with van der Waals surface area (Å²) in [6.45, 7) is 2.54. The third-order valence-corrected chi connectivity index (χ3v) is 2.68. The zero-order chi connectivity index (χ0) is 10.1. The van der Waals surface area contributed by atoms with Crippen molar-refractivity contribution >= 4 is 5.91 Å². The molecule has 3 nitrogen and oxygen atoms in total. The zero-order valence-corrected chi connectivity index (χ0v) is 8.08. The molecule has 0 aromatic heterocycles. The van der Waals surface area contributed by atoms with E-state index < -0.39 is 0 Å². The van der Waals surface area contributed by atoms with Crippen LogP contribution in [0.3, 0.4) is 0 Å². The Hall–Kier alpha value is -1.51. The molecule has 0 aliphatic carbocycles. The van der Waals surface area contributed by atoms with E-state index in [0.29, 0.717) is 6.54 Å². The van der Waals surface area contributed by atoms with Crippen molar-refractivity contribution in [2.75, 3.05) is 6.54 Å². The fraction of sp³-hybridized carbons (Fsp3) is 0.364. The summed E-state index contributed by atoms with van der Waals surface area (Å²) in [4.78, 5) is 11.5. The summed E-state index contributed by atoms with van der Waals surface area (Å²) in [5.41, 5.74) is 2.09. The van der Waals surface area contributed by atoms with E-state index >= 15 is 0 Å². The minimum atomic E-state index is -0.118. The molecule has 0 saturated heterocycles. The van der Waals surface area contributed by atoms with E-state index in [2.05, 4.69) is 5.32 Å². The molecular formula is C11H13NO2. The summed E-state index contributed by atoms with van der Waals surface area (Å²) in [7, 11) is 0. The molecule has 1 heterocycles. The van der Waals surface area contributed by atoms with Crippen LogP contribution in [0.5, 0.6) is 5.75 Å². The number of nitrogens with one attached hydrogen (secondary N) is 1. The Bertz CT molecular complexity index is 374. The first-order valence-corrected chi connectivity index (χ1v) is 4.78. The molecule has 1 amide bonds. The van der Waals surface area contributed by atoms with Crippen LogP contribution in [-0.4, -0.2) is 17.6 Å². The highest BCUT2D eigenvalue weighted by Crippen LogP contribution is 2.26. The molecule has 0 saturated carbocycles. The molecule has 2 rings (SSSR count). The zero-order valence-electron chi connectivity index (χ0n) is 8.08. The predicted molar refractivity (Wildman–Crippen MR) is 53.2 cm³/mol. The highest BCUT2D eigenvalue weighted by Gasteiger charge is 2.21. The lowest BCUT2D eigenvalue weighted by molar-refractivity contribution is -0.121. The third-order valence-electron chi connectivity index (χ3n) is 2.68. The Balaban J connectivity index is 2.48. The van der Waals surface area contributed by atoms with Crippen molar-refractivity contribution in [2.24, 2.45) is 0 Å². The number of hydrogen-bond donors (Lipinski definition) is 2. The van der Waals surface area contributed by atoms with Crippen LogP contribution in [0.15, 0.2) is 18.2 Å². The second-order valence-electron chi connectivity index (χ2n) is 3.65. The summed E-state index contributed by atoms with van der Waals surface area (Å²) < 4.78 is 0. The maximum absolute atomic E-state index is 11.5. The summed E-state index contributed by atoms with van der Waals surface area (Å²) in [6, 6.07) is 5.21. The maximum Gasteiger partial charge on any atom is 0.227 e. The van der Waals surface area contributed by atoms with Crippen molar-refractivity contribution in [3.05, 3.63) is 29.3 Å². The normalized spacial score (nSPS) is 20.9. The van der Waals surface area contributed by atoms with Crippen LogP contribution in [0.4, 0.5) is 0 Å². The first-order valence-electron chi connectivity index (χ1n) is 4.78. The highest BCUT2D eigenvalue weighted by molar-refractivity contribution is 5.84. The van der Waals surface area contributed by atoms with Gasteiger partial charge >= 0.3 is 0 Å². The van der Waals surface area contributed by atoms with Crippen molar-refractivity contribution in [2.45, 2.75) is 19.3 Å². The lowest BCUT2D eigenvalue weighted by Crippen LogP contribution is -2.26. The number of aromatic hydroxyl groups is 1. The van der Waals surface area contributed by atoms with Gasteiger partial charge in [-0.15, -0.1) is 0 Å². The molecule has 74 valence electrons. The molecule has 0 radical (unpaired) electrons.